The van der Waals surface area contributed by atoms with Gasteiger partial charge in [0.05, 0.1) is 11.3 Å². The maximum Gasteiger partial charge on any atom is 0.307 e. The van der Waals surface area contributed by atoms with Gasteiger partial charge < -0.3 is 10.0 Å². The fourth-order valence-electron chi connectivity index (χ4n) is 3.90. The molecule has 1 aliphatic carbocycles. The van der Waals surface area contributed by atoms with Crippen molar-refractivity contribution in [3.05, 3.63) is 29.8 Å². The molecule has 0 spiro atoms. The molecule has 1 saturated carbocycles. The molecule has 27 heavy (non-hydrogen) atoms. The van der Waals surface area contributed by atoms with Crippen LogP contribution in [0.5, 0.6) is 0 Å². The fourth-order valence-corrected chi connectivity index (χ4v) is 5.39. The molecule has 0 radical (unpaired) electrons. The second-order valence-corrected chi connectivity index (χ2v) is 9.22. The molecule has 2 fully saturated rings. The number of carbonyl (C=O) groups excluding carboxylic acids is 1. The Kier molecular flexibility index (Phi) is 6.16. The molecule has 0 atom stereocenters. The van der Waals surface area contributed by atoms with Crippen molar-refractivity contribution in [2.45, 2.75) is 43.4 Å². The van der Waals surface area contributed by atoms with Crippen LogP contribution in [0.25, 0.3) is 0 Å². The van der Waals surface area contributed by atoms with Crippen molar-refractivity contribution in [1.29, 1.82) is 0 Å². The van der Waals surface area contributed by atoms with Gasteiger partial charge in [-0.2, -0.15) is 4.31 Å². The van der Waals surface area contributed by atoms with Gasteiger partial charge in [-0.05, 0) is 30.5 Å². The number of amides is 1. The zero-order valence-electron chi connectivity index (χ0n) is 15.3. The van der Waals surface area contributed by atoms with Crippen molar-refractivity contribution in [3.8, 4) is 0 Å². The Morgan fingerprint density at radius 3 is 2.33 bits per heavy atom. The number of nitrogens with zero attached hydrogens (tertiary/aromatic N) is 2. The summed E-state index contributed by atoms with van der Waals surface area (Å²) in [6.45, 7) is 1.35. The van der Waals surface area contributed by atoms with Crippen LogP contribution in [-0.2, 0) is 26.0 Å². The average molecular weight is 394 g/mol. The Bertz CT molecular complexity index is 794. The minimum Gasteiger partial charge on any atom is -0.481 e. The Morgan fingerprint density at radius 2 is 1.70 bits per heavy atom. The molecular weight excluding hydrogens is 368 g/mol. The predicted molar refractivity (Wildman–Crippen MR) is 99.7 cm³/mol. The van der Waals surface area contributed by atoms with Gasteiger partial charge in [-0.25, -0.2) is 8.42 Å². The number of hydrogen-bond acceptors (Lipinski definition) is 4. The van der Waals surface area contributed by atoms with Crippen LogP contribution in [0.3, 0.4) is 0 Å². The molecule has 1 aromatic carbocycles. The highest BCUT2D eigenvalue weighted by atomic mass is 32.2. The molecule has 3 rings (SSSR count). The molecule has 1 N–H and O–H groups in total. The minimum atomic E-state index is -3.69. The number of hydrogen-bond donors (Lipinski definition) is 1. The van der Waals surface area contributed by atoms with Crippen LogP contribution in [0.4, 0.5) is 0 Å². The lowest BCUT2D eigenvalue weighted by Gasteiger charge is -2.36. The summed E-state index contributed by atoms with van der Waals surface area (Å²) >= 11 is 0. The van der Waals surface area contributed by atoms with Gasteiger partial charge in [0.15, 0.2) is 0 Å². The van der Waals surface area contributed by atoms with Crippen LogP contribution in [0.2, 0.25) is 0 Å². The first-order valence-electron chi connectivity index (χ1n) is 9.47. The topological polar surface area (TPSA) is 95.0 Å². The Labute approximate surface area is 160 Å². The third-order valence-corrected chi connectivity index (χ3v) is 7.29. The molecule has 1 aliphatic heterocycles. The fraction of sp³-hybridized carbons (Fsp3) is 0.579. The van der Waals surface area contributed by atoms with E-state index in [1.165, 1.54) is 22.9 Å². The molecule has 1 saturated heterocycles. The van der Waals surface area contributed by atoms with Gasteiger partial charge in [-0.15, -0.1) is 0 Å². The lowest BCUT2D eigenvalue weighted by molar-refractivity contribution is -0.138. The molecule has 0 unspecified atom stereocenters. The molecule has 7 nitrogen and oxygen atoms in total. The molecule has 148 valence electrons. The highest BCUT2D eigenvalue weighted by Crippen LogP contribution is 2.26. The van der Waals surface area contributed by atoms with Crippen LogP contribution in [0.15, 0.2) is 29.2 Å². The van der Waals surface area contributed by atoms with Gasteiger partial charge in [0, 0.05) is 32.1 Å². The second kappa shape index (κ2) is 8.39. The maximum atomic E-state index is 12.9. The predicted octanol–water partition coefficient (Wildman–Crippen LogP) is 1.73. The smallest absolute Gasteiger partial charge is 0.307 e. The van der Waals surface area contributed by atoms with Crippen molar-refractivity contribution in [2.24, 2.45) is 5.92 Å². The normalized spacial score (nSPS) is 19.8. The molecule has 1 aromatic rings. The summed E-state index contributed by atoms with van der Waals surface area (Å²) in [6, 6.07) is 6.07. The number of aliphatic carboxylic acids is 1. The molecule has 1 heterocycles. The first-order valence-corrected chi connectivity index (χ1v) is 10.9. The number of carbonyl (C=O) groups is 2. The van der Waals surface area contributed by atoms with Crippen molar-refractivity contribution in [1.82, 2.24) is 9.21 Å². The summed E-state index contributed by atoms with van der Waals surface area (Å²) in [5.74, 6) is -0.746. The van der Waals surface area contributed by atoms with Gasteiger partial charge in [0.1, 0.15) is 0 Å². The largest absolute Gasteiger partial charge is 0.481 e. The standard InChI is InChI=1S/C19H26N2O5S/c22-18(23)14-15-5-4-8-17(13-15)27(25,26)21-11-9-20(10-12-21)19(24)16-6-2-1-3-7-16/h4-5,8,13,16H,1-3,6-7,9-12,14H2,(H,22,23). The van der Waals surface area contributed by atoms with Gasteiger partial charge in [-0.1, -0.05) is 31.4 Å². The maximum absolute atomic E-state index is 12.9. The van der Waals surface area contributed by atoms with Crippen LogP contribution in [0, 0.1) is 5.92 Å². The van der Waals surface area contributed by atoms with E-state index in [0.717, 1.165) is 25.7 Å². The van der Waals surface area contributed by atoms with E-state index in [4.69, 9.17) is 5.11 Å². The van der Waals surface area contributed by atoms with Crippen molar-refractivity contribution in [3.63, 3.8) is 0 Å². The SMILES string of the molecule is O=C(O)Cc1cccc(S(=O)(=O)N2CCN(C(=O)C3CCCCC3)CC2)c1. The molecule has 2 aliphatic rings. The summed E-state index contributed by atoms with van der Waals surface area (Å²) in [4.78, 5) is 25.4. The second-order valence-electron chi connectivity index (χ2n) is 7.28. The van der Waals surface area contributed by atoms with Crippen LogP contribution >= 0.6 is 0 Å². The molecule has 0 bridgehead atoms. The van der Waals surface area contributed by atoms with Crippen LogP contribution in [0.1, 0.15) is 37.7 Å². The Balaban J connectivity index is 1.64. The summed E-state index contributed by atoms with van der Waals surface area (Å²) in [5, 5.41) is 8.90. The van der Waals surface area contributed by atoms with E-state index < -0.39 is 16.0 Å². The summed E-state index contributed by atoms with van der Waals surface area (Å²) in [7, 11) is -3.69. The number of piperazine rings is 1. The zero-order valence-corrected chi connectivity index (χ0v) is 16.2. The van der Waals surface area contributed by atoms with Crippen LogP contribution in [-0.4, -0.2) is 60.8 Å². The van der Waals surface area contributed by atoms with E-state index in [1.54, 1.807) is 17.0 Å². The monoisotopic (exact) mass is 394 g/mol. The number of rotatable bonds is 5. The van der Waals surface area contributed by atoms with E-state index in [0.29, 0.717) is 18.7 Å². The lowest BCUT2D eigenvalue weighted by Crippen LogP contribution is -2.52. The number of sulfonamides is 1. The minimum absolute atomic E-state index is 0.0922. The lowest BCUT2D eigenvalue weighted by atomic mass is 9.88. The summed E-state index contributed by atoms with van der Waals surface area (Å²) in [5.41, 5.74) is 0.453. The number of carboxylic acids is 1. The third kappa shape index (κ3) is 4.68. The van der Waals surface area contributed by atoms with Gasteiger partial charge in [0.2, 0.25) is 15.9 Å². The summed E-state index contributed by atoms with van der Waals surface area (Å²) in [6.07, 6.45) is 5.04. The third-order valence-electron chi connectivity index (χ3n) is 5.40. The van der Waals surface area contributed by atoms with Gasteiger partial charge in [0.25, 0.3) is 0 Å². The molecule has 0 aromatic heterocycles. The molecular formula is C19H26N2O5S. The molecule has 1 amide bonds. The Morgan fingerprint density at radius 1 is 1.04 bits per heavy atom. The average Bonchev–Trinajstić information content (AvgIpc) is 2.68. The highest BCUT2D eigenvalue weighted by molar-refractivity contribution is 7.89. The first kappa shape index (κ1) is 19.8. The highest BCUT2D eigenvalue weighted by Gasteiger charge is 2.33. The van der Waals surface area contributed by atoms with Crippen molar-refractivity contribution in [2.75, 3.05) is 26.2 Å². The van der Waals surface area contributed by atoms with Crippen molar-refractivity contribution >= 4 is 21.9 Å². The van der Waals surface area contributed by atoms with Crippen molar-refractivity contribution < 1.29 is 23.1 Å². The van der Waals surface area contributed by atoms with E-state index in [-0.39, 0.29) is 36.2 Å². The van der Waals surface area contributed by atoms with Gasteiger partial charge in [-0.3, -0.25) is 9.59 Å². The van der Waals surface area contributed by atoms with E-state index in [1.807, 2.05) is 0 Å². The Hall–Kier alpha value is -1.93. The first-order chi connectivity index (χ1) is 12.9. The van der Waals surface area contributed by atoms with E-state index in [9.17, 15) is 18.0 Å². The van der Waals surface area contributed by atoms with Crippen LogP contribution < -0.4 is 0 Å². The number of carboxylic acid groups (broad SMARTS) is 1. The quantitative estimate of drug-likeness (QED) is 0.821. The van der Waals surface area contributed by atoms with E-state index in [2.05, 4.69) is 0 Å². The molecule has 8 heteroatoms. The van der Waals surface area contributed by atoms with Gasteiger partial charge >= 0.3 is 5.97 Å². The van der Waals surface area contributed by atoms with E-state index >= 15 is 0 Å². The zero-order chi connectivity index (χ0) is 19.4. The number of benzene rings is 1. The summed E-state index contributed by atoms with van der Waals surface area (Å²) < 4.78 is 27.1.